The smallest absolute Gasteiger partial charge is 0.0159 e. The Balaban J connectivity index is 1.42. The van der Waals surface area contributed by atoms with Gasteiger partial charge in [-0.1, -0.05) is 120 Å². The largest absolute Gasteiger partial charge is 0.0616 e. The molecule has 0 nitrogen and oxygen atoms in total. The summed E-state index contributed by atoms with van der Waals surface area (Å²) in [6.45, 7) is 11.7. The quantitative estimate of drug-likeness (QED) is 0.234. The molecular formula is C35H30. The van der Waals surface area contributed by atoms with E-state index in [9.17, 15) is 0 Å². The molecule has 7 rings (SSSR count). The molecule has 0 N–H and O–H groups in total. The normalized spacial score (nSPS) is 14.7. The second-order valence-corrected chi connectivity index (χ2v) is 11.8. The van der Waals surface area contributed by atoms with E-state index in [1.807, 2.05) is 0 Å². The average Bonchev–Trinajstić information content (AvgIpc) is 3.29. The standard InChI is InChI=1S/C35H30/c1-34(2,3)22-14-16-27-26-15-13-21(19-31(26)35(4,5)32(27)20-22)23-17-18-30-25-10-7-6-9-24(25)29-12-8-11-28(23)33(29)30/h6-20H,1-5H3. The number of hydrogen-bond donors (Lipinski definition) is 0. The van der Waals surface area contributed by atoms with Gasteiger partial charge in [0.15, 0.2) is 0 Å². The fraction of sp³-hybridized carbons (Fsp3) is 0.200. The molecule has 0 saturated carbocycles. The fourth-order valence-electron chi connectivity index (χ4n) is 6.43. The van der Waals surface area contributed by atoms with E-state index < -0.39 is 0 Å². The van der Waals surface area contributed by atoms with Crippen LogP contribution in [0, 0.1) is 0 Å². The van der Waals surface area contributed by atoms with E-state index in [4.69, 9.17) is 0 Å². The summed E-state index contributed by atoms with van der Waals surface area (Å²) in [6, 6.07) is 34.5. The minimum atomic E-state index is -0.0208. The van der Waals surface area contributed by atoms with Gasteiger partial charge in [-0.3, -0.25) is 0 Å². The molecule has 5 aromatic rings. The molecule has 170 valence electrons. The third kappa shape index (κ3) is 2.74. The average molecular weight is 451 g/mol. The molecule has 0 spiro atoms. The van der Waals surface area contributed by atoms with E-state index in [0.717, 1.165) is 0 Å². The SMILES string of the molecule is CC(C)(C)c1ccc2c(c1)C(C)(C)c1cc(-c3ccc4c5c(cccc35)-c3ccccc3-4)ccc1-2. The Labute approximate surface area is 208 Å². The van der Waals surface area contributed by atoms with Crippen molar-refractivity contribution in [2.24, 2.45) is 0 Å². The summed E-state index contributed by atoms with van der Waals surface area (Å²) in [5.41, 5.74) is 15.2. The van der Waals surface area contributed by atoms with Crippen LogP contribution in [0.2, 0.25) is 0 Å². The van der Waals surface area contributed by atoms with Gasteiger partial charge >= 0.3 is 0 Å². The van der Waals surface area contributed by atoms with Gasteiger partial charge in [0, 0.05) is 5.41 Å². The van der Waals surface area contributed by atoms with E-state index in [2.05, 4.69) is 126 Å². The predicted molar refractivity (Wildman–Crippen MR) is 150 cm³/mol. The Kier molecular flexibility index (Phi) is 3.98. The van der Waals surface area contributed by atoms with Gasteiger partial charge in [0.25, 0.3) is 0 Å². The Bertz CT molecular complexity index is 1660. The Morgan fingerprint density at radius 2 is 1.09 bits per heavy atom. The first-order valence-corrected chi connectivity index (χ1v) is 12.7. The topological polar surface area (TPSA) is 0 Å². The lowest BCUT2D eigenvalue weighted by Gasteiger charge is -2.25. The van der Waals surface area contributed by atoms with Gasteiger partial charge < -0.3 is 0 Å². The molecule has 0 saturated heterocycles. The van der Waals surface area contributed by atoms with Gasteiger partial charge in [0.05, 0.1) is 0 Å². The van der Waals surface area contributed by atoms with E-state index in [0.29, 0.717) is 0 Å². The highest BCUT2D eigenvalue weighted by Gasteiger charge is 2.36. The van der Waals surface area contributed by atoms with Crippen molar-refractivity contribution in [2.45, 2.75) is 45.4 Å². The molecule has 0 radical (unpaired) electrons. The monoisotopic (exact) mass is 450 g/mol. The third-order valence-electron chi connectivity index (χ3n) is 8.40. The van der Waals surface area contributed by atoms with Crippen molar-refractivity contribution in [3.63, 3.8) is 0 Å². The van der Waals surface area contributed by atoms with Crippen LogP contribution in [0.1, 0.15) is 51.3 Å². The molecule has 2 aliphatic rings. The first-order chi connectivity index (χ1) is 16.7. The summed E-state index contributed by atoms with van der Waals surface area (Å²) in [6.07, 6.45) is 0. The molecule has 0 unspecified atom stereocenters. The van der Waals surface area contributed by atoms with Gasteiger partial charge in [-0.25, -0.2) is 0 Å². The molecule has 0 aromatic heterocycles. The zero-order valence-electron chi connectivity index (χ0n) is 21.2. The predicted octanol–water partition coefficient (Wildman–Crippen LogP) is 9.76. The maximum absolute atomic E-state index is 2.46. The molecule has 2 aliphatic carbocycles. The highest BCUT2D eigenvalue weighted by atomic mass is 14.4. The lowest BCUT2D eigenvalue weighted by molar-refractivity contribution is 0.584. The van der Waals surface area contributed by atoms with Crippen molar-refractivity contribution in [3.05, 3.63) is 108 Å². The van der Waals surface area contributed by atoms with Crippen LogP contribution in [0.3, 0.4) is 0 Å². The number of rotatable bonds is 1. The summed E-state index contributed by atoms with van der Waals surface area (Å²) in [5.74, 6) is 0. The van der Waals surface area contributed by atoms with Gasteiger partial charge in [-0.15, -0.1) is 0 Å². The maximum Gasteiger partial charge on any atom is 0.0159 e. The number of hydrogen-bond acceptors (Lipinski definition) is 0. The van der Waals surface area contributed by atoms with Gasteiger partial charge in [-0.2, -0.15) is 0 Å². The van der Waals surface area contributed by atoms with Crippen LogP contribution in [0.15, 0.2) is 91.0 Å². The molecule has 0 amide bonds. The summed E-state index contributed by atoms with van der Waals surface area (Å²) in [7, 11) is 0. The zero-order valence-corrected chi connectivity index (χ0v) is 21.2. The summed E-state index contributed by atoms with van der Waals surface area (Å²) < 4.78 is 0. The fourth-order valence-corrected chi connectivity index (χ4v) is 6.43. The number of fused-ring (bicyclic) bond motifs is 6. The van der Waals surface area contributed by atoms with Crippen molar-refractivity contribution < 1.29 is 0 Å². The van der Waals surface area contributed by atoms with Crippen LogP contribution in [0.25, 0.3) is 55.3 Å². The van der Waals surface area contributed by atoms with E-state index in [1.54, 1.807) is 0 Å². The van der Waals surface area contributed by atoms with Crippen molar-refractivity contribution in [3.8, 4) is 44.5 Å². The minimum absolute atomic E-state index is 0.0208. The lowest BCUT2D eigenvalue weighted by Crippen LogP contribution is -2.17. The second kappa shape index (κ2) is 6.73. The van der Waals surface area contributed by atoms with Crippen LogP contribution >= 0.6 is 0 Å². The first-order valence-electron chi connectivity index (χ1n) is 12.7. The summed E-state index contributed by atoms with van der Waals surface area (Å²) in [4.78, 5) is 0. The molecule has 0 heterocycles. The summed E-state index contributed by atoms with van der Waals surface area (Å²) in [5, 5.41) is 2.74. The highest BCUT2D eigenvalue weighted by Crippen LogP contribution is 2.52. The first kappa shape index (κ1) is 20.7. The Morgan fingerprint density at radius 3 is 1.80 bits per heavy atom. The third-order valence-corrected chi connectivity index (χ3v) is 8.40. The Morgan fingerprint density at radius 1 is 0.514 bits per heavy atom. The molecule has 0 atom stereocenters. The van der Waals surface area contributed by atoms with Gasteiger partial charge in [0.1, 0.15) is 0 Å². The van der Waals surface area contributed by atoms with E-state index >= 15 is 0 Å². The van der Waals surface area contributed by atoms with Crippen LogP contribution in [-0.2, 0) is 10.8 Å². The maximum atomic E-state index is 2.46. The second-order valence-electron chi connectivity index (χ2n) is 11.8. The van der Waals surface area contributed by atoms with Crippen molar-refractivity contribution in [1.29, 1.82) is 0 Å². The molecular weight excluding hydrogens is 420 g/mol. The minimum Gasteiger partial charge on any atom is -0.0616 e. The molecule has 5 aromatic carbocycles. The summed E-state index contributed by atoms with van der Waals surface area (Å²) >= 11 is 0. The molecule has 0 fully saturated rings. The van der Waals surface area contributed by atoms with Gasteiger partial charge in [0.2, 0.25) is 0 Å². The lowest BCUT2D eigenvalue weighted by atomic mass is 9.78. The zero-order chi connectivity index (χ0) is 24.1. The van der Waals surface area contributed by atoms with Crippen molar-refractivity contribution >= 4 is 10.8 Å². The highest BCUT2D eigenvalue weighted by molar-refractivity contribution is 6.18. The molecule has 0 bridgehead atoms. The van der Waals surface area contributed by atoms with Crippen LogP contribution in [-0.4, -0.2) is 0 Å². The van der Waals surface area contributed by atoms with E-state index in [-0.39, 0.29) is 10.8 Å². The van der Waals surface area contributed by atoms with Crippen LogP contribution < -0.4 is 0 Å². The van der Waals surface area contributed by atoms with Gasteiger partial charge in [-0.05, 0) is 83.5 Å². The van der Waals surface area contributed by atoms with E-state index in [1.165, 1.54) is 72.0 Å². The molecule has 35 heavy (non-hydrogen) atoms. The number of benzene rings is 5. The molecule has 0 heteroatoms. The van der Waals surface area contributed by atoms with Crippen molar-refractivity contribution in [1.82, 2.24) is 0 Å². The molecule has 0 aliphatic heterocycles. The van der Waals surface area contributed by atoms with Crippen molar-refractivity contribution in [2.75, 3.05) is 0 Å². The van der Waals surface area contributed by atoms with Crippen LogP contribution in [0.4, 0.5) is 0 Å². The Hall–Kier alpha value is -3.64. The van der Waals surface area contributed by atoms with Crippen LogP contribution in [0.5, 0.6) is 0 Å².